The van der Waals surface area contributed by atoms with E-state index in [0.717, 1.165) is 75.6 Å². The number of para-hydroxylation sites is 2. The topological polar surface area (TPSA) is 24.7 Å². The first-order valence-corrected chi connectivity index (χ1v) is 24.5. The molecule has 0 bridgehead atoms. The molecule has 0 spiro atoms. The maximum Gasteiger partial charge on any atom is 0.0666 e. The van der Waals surface area contributed by atoms with Gasteiger partial charge in [0.1, 0.15) is 0 Å². The number of aryl methyl sites for hydroxylation is 2. The van der Waals surface area contributed by atoms with Gasteiger partial charge >= 0.3 is 0 Å². The molecule has 2 aromatic rings. The zero-order valence-corrected chi connectivity index (χ0v) is 39.2. The van der Waals surface area contributed by atoms with E-state index in [0.29, 0.717) is 0 Å². The molecule has 0 aromatic heterocycles. The van der Waals surface area contributed by atoms with Gasteiger partial charge in [-0.25, -0.2) is 0 Å². The summed E-state index contributed by atoms with van der Waals surface area (Å²) >= 11 is 0. The van der Waals surface area contributed by atoms with Gasteiger partial charge in [-0.2, -0.15) is 0 Å². The van der Waals surface area contributed by atoms with Crippen molar-refractivity contribution in [1.29, 1.82) is 0 Å². The largest absolute Gasteiger partial charge is 0.251 e. The van der Waals surface area contributed by atoms with E-state index in [2.05, 4.69) is 99.9 Å². The van der Waals surface area contributed by atoms with Gasteiger partial charge in [0.25, 0.3) is 0 Å². The van der Waals surface area contributed by atoms with Crippen molar-refractivity contribution in [3.05, 3.63) is 59.7 Å². The van der Waals surface area contributed by atoms with Crippen molar-refractivity contribution < 1.29 is 16.5 Å². The van der Waals surface area contributed by atoms with Crippen molar-refractivity contribution in [1.82, 2.24) is 0 Å². The summed E-state index contributed by atoms with van der Waals surface area (Å²) in [6, 6.07) is 17.6. The second-order valence-corrected chi connectivity index (χ2v) is 16.5. The Balaban J connectivity index is 0.0000168. The van der Waals surface area contributed by atoms with E-state index in [4.69, 9.17) is 9.98 Å². The van der Waals surface area contributed by atoms with E-state index < -0.39 is 0 Å². The van der Waals surface area contributed by atoms with Gasteiger partial charge in [0, 0.05) is 42.2 Å². The molecule has 0 amide bonds. The van der Waals surface area contributed by atoms with Crippen LogP contribution >= 0.6 is 0 Å². The molecule has 58 heavy (non-hydrogen) atoms. The Hall–Kier alpha value is -2.61. The molecule has 0 unspecified atom stereocenters. The maximum absolute atomic E-state index is 5.50. The Bertz CT molecular complexity index is 1450. The molecule has 3 heteroatoms. The van der Waals surface area contributed by atoms with Crippen molar-refractivity contribution in [2.45, 2.75) is 240 Å². The van der Waals surface area contributed by atoms with E-state index >= 15 is 0 Å². The molecule has 2 aromatic carbocycles. The van der Waals surface area contributed by atoms with Crippen LogP contribution < -0.4 is 0 Å². The van der Waals surface area contributed by atoms with Crippen molar-refractivity contribution in [3.8, 4) is 23.7 Å². The number of rotatable bonds is 34. The second kappa shape index (κ2) is 39.8. The Morgan fingerprint density at radius 1 is 0.362 bits per heavy atom. The van der Waals surface area contributed by atoms with Gasteiger partial charge in [0.05, 0.1) is 22.8 Å². The van der Waals surface area contributed by atoms with E-state index in [1.807, 2.05) is 0 Å². The van der Waals surface area contributed by atoms with E-state index in [1.54, 1.807) is 0 Å². The third-order valence-electron chi connectivity index (χ3n) is 11.2. The van der Waals surface area contributed by atoms with E-state index in [9.17, 15) is 0 Å². The summed E-state index contributed by atoms with van der Waals surface area (Å²) in [6.45, 7) is 9.17. The fourth-order valence-electron chi connectivity index (χ4n) is 7.54. The summed E-state index contributed by atoms with van der Waals surface area (Å²) in [7, 11) is 0. The van der Waals surface area contributed by atoms with Crippen LogP contribution in [-0.2, 0) is 29.3 Å². The Morgan fingerprint density at radius 3 is 1.05 bits per heavy atom. The number of nitrogens with zero attached hydrogens (tertiary/aromatic N) is 2. The molecule has 0 fully saturated rings. The molecule has 0 radical (unpaired) electrons. The van der Waals surface area contributed by atoms with Crippen molar-refractivity contribution in [2.24, 2.45) is 9.98 Å². The van der Waals surface area contributed by atoms with Crippen LogP contribution in [0.5, 0.6) is 0 Å². The number of hydrogen-bond donors (Lipinski definition) is 0. The molecule has 0 N–H and O–H groups in total. The van der Waals surface area contributed by atoms with Gasteiger partial charge in [-0.15, -0.1) is 23.7 Å². The molecular formula is C55H86N2Ni. The first-order valence-electron chi connectivity index (χ1n) is 24.5. The summed E-state index contributed by atoms with van der Waals surface area (Å²) in [5.41, 5.74) is 7.16. The van der Waals surface area contributed by atoms with Crippen LogP contribution in [0.1, 0.15) is 238 Å². The standard InChI is InChI=1S/C55H86N2.Ni/c1-5-9-13-16-18-20-22-24-26-28-30-32-35-42-50-44-38-40-46-52(50)56-54(48-34-12-8-4)55(49-37-15-11-7-3)57-53-47-41-39-45-51(53)43-36-33-31-29-27-25-23-21-19-17-14-10-6-2;/h38-41,44-47H,5-29,34-37,42-43,48-49H2,1-4H3;. The van der Waals surface area contributed by atoms with Crippen LogP contribution in [-0.4, -0.2) is 11.4 Å². The monoisotopic (exact) mass is 833 g/mol. The molecule has 0 saturated heterocycles. The average Bonchev–Trinajstić information content (AvgIpc) is 3.23. The normalized spacial score (nSPS) is 11.4. The second-order valence-electron chi connectivity index (χ2n) is 16.5. The van der Waals surface area contributed by atoms with Crippen LogP contribution in [0.4, 0.5) is 11.4 Å². The van der Waals surface area contributed by atoms with Gasteiger partial charge in [-0.05, 0) is 74.6 Å². The van der Waals surface area contributed by atoms with Crippen LogP contribution in [0.25, 0.3) is 0 Å². The maximum atomic E-state index is 5.50. The number of unbranched alkanes of at least 4 members (excludes halogenated alkanes) is 23. The molecule has 0 aliphatic carbocycles. The molecule has 0 aliphatic rings. The van der Waals surface area contributed by atoms with Gasteiger partial charge in [-0.1, -0.05) is 199 Å². The predicted octanol–water partition coefficient (Wildman–Crippen LogP) is 17.8. The average molecular weight is 834 g/mol. The smallest absolute Gasteiger partial charge is 0.0666 e. The first kappa shape index (κ1) is 53.4. The van der Waals surface area contributed by atoms with Crippen LogP contribution in [0, 0.1) is 23.7 Å². The Kier molecular flexibility index (Phi) is 36.7. The summed E-state index contributed by atoms with van der Waals surface area (Å²) in [6.07, 6.45) is 40.7. The zero-order chi connectivity index (χ0) is 40.7. The molecule has 0 saturated carbocycles. The van der Waals surface area contributed by atoms with Crippen LogP contribution in [0.2, 0.25) is 0 Å². The fourth-order valence-corrected chi connectivity index (χ4v) is 7.54. The Morgan fingerprint density at radius 2 is 0.655 bits per heavy atom. The number of hydrogen-bond acceptors (Lipinski definition) is 2. The van der Waals surface area contributed by atoms with Crippen molar-refractivity contribution >= 4 is 22.8 Å². The molecule has 2 nitrogen and oxygen atoms in total. The van der Waals surface area contributed by atoms with Gasteiger partial charge in [0.15, 0.2) is 0 Å². The summed E-state index contributed by atoms with van der Waals surface area (Å²) in [4.78, 5) is 11.0. The van der Waals surface area contributed by atoms with Crippen LogP contribution in [0.15, 0.2) is 58.5 Å². The van der Waals surface area contributed by atoms with Crippen molar-refractivity contribution in [3.63, 3.8) is 0 Å². The van der Waals surface area contributed by atoms with E-state index in [1.165, 1.54) is 170 Å². The fraction of sp³-hybridized carbons (Fsp3) is 0.673. The van der Waals surface area contributed by atoms with Crippen LogP contribution in [0.3, 0.4) is 0 Å². The number of aliphatic imine (C=N–C) groups is 2. The molecular weight excluding hydrogens is 747 g/mol. The van der Waals surface area contributed by atoms with E-state index in [-0.39, 0.29) is 16.5 Å². The SMILES string of the molecule is CCCCCCCCCCCC#CCCc1ccccc1N=C(CCCCC)C(CCCCCC)=Nc1ccccc1CCC#CCCCCCCCCCCC.[Ni]. The predicted molar refractivity (Wildman–Crippen MR) is 256 cm³/mol. The molecule has 326 valence electrons. The number of benzene rings is 2. The summed E-state index contributed by atoms with van der Waals surface area (Å²) in [5.74, 6) is 14.0. The third kappa shape index (κ3) is 28.0. The Labute approximate surface area is 370 Å². The van der Waals surface area contributed by atoms with Gasteiger partial charge < -0.3 is 0 Å². The van der Waals surface area contributed by atoms with Gasteiger partial charge in [-0.3, -0.25) is 9.98 Å². The quantitative estimate of drug-likeness (QED) is 0.0290. The minimum Gasteiger partial charge on any atom is -0.251 e. The van der Waals surface area contributed by atoms with Gasteiger partial charge in [0.2, 0.25) is 0 Å². The minimum absolute atomic E-state index is 0. The molecule has 0 atom stereocenters. The molecule has 0 aliphatic heterocycles. The minimum atomic E-state index is 0. The first-order chi connectivity index (χ1) is 28.2. The van der Waals surface area contributed by atoms with Crippen molar-refractivity contribution in [2.75, 3.05) is 0 Å². The molecule has 0 heterocycles. The zero-order valence-electron chi connectivity index (χ0n) is 38.2. The summed E-state index contributed by atoms with van der Waals surface area (Å²) < 4.78 is 0. The summed E-state index contributed by atoms with van der Waals surface area (Å²) in [5, 5.41) is 0. The third-order valence-corrected chi connectivity index (χ3v) is 11.2. The molecule has 2 rings (SSSR count).